The molecule has 0 saturated carbocycles. The molecular formula is C10H18N4O2S. The van der Waals surface area contributed by atoms with E-state index in [1.165, 1.54) is 6.20 Å². The van der Waals surface area contributed by atoms with Crippen LogP contribution in [0.5, 0.6) is 0 Å². The van der Waals surface area contributed by atoms with Gasteiger partial charge in [0.25, 0.3) is 0 Å². The molecule has 0 aromatic carbocycles. The Morgan fingerprint density at radius 3 is 2.94 bits per heavy atom. The first kappa shape index (κ1) is 12.5. The summed E-state index contributed by atoms with van der Waals surface area (Å²) < 4.78 is 26.9. The van der Waals surface area contributed by atoms with Crippen molar-refractivity contribution in [2.24, 2.45) is 0 Å². The third-order valence-corrected chi connectivity index (χ3v) is 4.65. The number of aromatic amines is 1. The van der Waals surface area contributed by atoms with Crippen molar-refractivity contribution in [2.45, 2.75) is 30.7 Å². The Kier molecular flexibility index (Phi) is 3.50. The zero-order valence-corrected chi connectivity index (χ0v) is 10.9. The van der Waals surface area contributed by atoms with Gasteiger partial charge in [-0.3, -0.25) is 5.10 Å². The van der Waals surface area contributed by atoms with Gasteiger partial charge in [0.1, 0.15) is 4.90 Å². The molecule has 0 amide bonds. The van der Waals surface area contributed by atoms with Crippen molar-refractivity contribution in [3.05, 3.63) is 11.9 Å². The molecule has 17 heavy (non-hydrogen) atoms. The monoisotopic (exact) mass is 258 g/mol. The summed E-state index contributed by atoms with van der Waals surface area (Å²) in [6, 6.07) is -0.00644. The average Bonchev–Trinajstić information content (AvgIpc) is 2.64. The first-order valence-electron chi connectivity index (χ1n) is 5.70. The van der Waals surface area contributed by atoms with E-state index < -0.39 is 10.0 Å². The molecule has 0 bridgehead atoms. The van der Waals surface area contributed by atoms with Crippen molar-refractivity contribution < 1.29 is 8.42 Å². The minimum Gasteiger partial charge on any atom is -0.305 e. The third kappa shape index (κ3) is 2.85. The summed E-state index contributed by atoms with van der Waals surface area (Å²) in [7, 11) is -1.44. The van der Waals surface area contributed by atoms with Crippen molar-refractivity contribution in [2.75, 3.05) is 20.1 Å². The van der Waals surface area contributed by atoms with Crippen molar-refractivity contribution in [1.82, 2.24) is 19.8 Å². The lowest BCUT2D eigenvalue weighted by Gasteiger charge is -2.29. The molecule has 96 valence electrons. The number of aryl methyl sites for hydroxylation is 1. The number of likely N-dealkylation sites (N-methyl/N-ethyl adjacent to an activating group) is 1. The summed E-state index contributed by atoms with van der Waals surface area (Å²) in [5.41, 5.74) is 0.571. The van der Waals surface area contributed by atoms with Crippen LogP contribution in [-0.2, 0) is 10.0 Å². The summed E-state index contributed by atoms with van der Waals surface area (Å²) in [6.45, 7) is 3.49. The first-order chi connectivity index (χ1) is 7.99. The van der Waals surface area contributed by atoms with Gasteiger partial charge in [-0.25, -0.2) is 13.1 Å². The molecule has 1 aliphatic heterocycles. The number of nitrogens with zero attached hydrogens (tertiary/aromatic N) is 2. The summed E-state index contributed by atoms with van der Waals surface area (Å²) in [5.74, 6) is 0. The summed E-state index contributed by atoms with van der Waals surface area (Å²) in [4.78, 5) is 2.38. The van der Waals surface area contributed by atoms with Gasteiger partial charge in [-0.1, -0.05) is 0 Å². The number of sulfonamides is 1. The van der Waals surface area contributed by atoms with E-state index in [0.29, 0.717) is 5.69 Å². The minimum atomic E-state index is -3.44. The van der Waals surface area contributed by atoms with Crippen molar-refractivity contribution in [1.29, 1.82) is 0 Å². The highest BCUT2D eigenvalue weighted by molar-refractivity contribution is 7.89. The second kappa shape index (κ2) is 4.75. The molecule has 1 unspecified atom stereocenters. The van der Waals surface area contributed by atoms with Crippen molar-refractivity contribution >= 4 is 10.0 Å². The van der Waals surface area contributed by atoms with Gasteiger partial charge in [-0.2, -0.15) is 5.10 Å². The number of hydrogen-bond acceptors (Lipinski definition) is 4. The van der Waals surface area contributed by atoms with Crippen LogP contribution in [0.25, 0.3) is 0 Å². The van der Waals surface area contributed by atoms with Crippen molar-refractivity contribution in [3.63, 3.8) is 0 Å². The predicted molar refractivity (Wildman–Crippen MR) is 64.2 cm³/mol. The van der Waals surface area contributed by atoms with Crippen LogP contribution in [0.4, 0.5) is 0 Å². The first-order valence-corrected chi connectivity index (χ1v) is 7.18. The molecule has 0 aliphatic carbocycles. The molecule has 0 radical (unpaired) electrons. The lowest BCUT2D eigenvalue weighted by atomic mass is 10.1. The summed E-state index contributed by atoms with van der Waals surface area (Å²) >= 11 is 0. The van der Waals surface area contributed by atoms with Gasteiger partial charge in [-0.15, -0.1) is 0 Å². The highest BCUT2D eigenvalue weighted by Gasteiger charge is 2.25. The molecule has 6 nitrogen and oxygen atoms in total. The predicted octanol–water partition coefficient (Wildman–Crippen LogP) is 0.0906. The molecule has 1 aromatic heterocycles. The maximum atomic E-state index is 12.1. The number of hydrogen-bond donors (Lipinski definition) is 2. The van der Waals surface area contributed by atoms with Crippen LogP contribution < -0.4 is 4.72 Å². The van der Waals surface area contributed by atoms with E-state index in [2.05, 4.69) is 19.8 Å². The highest BCUT2D eigenvalue weighted by Crippen LogP contribution is 2.15. The van der Waals surface area contributed by atoms with E-state index in [1.807, 2.05) is 7.05 Å². The molecule has 2 heterocycles. The number of H-pyrrole nitrogens is 1. The topological polar surface area (TPSA) is 78.1 Å². The fraction of sp³-hybridized carbons (Fsp3) is 0.700. The van der Waals surface area contributed by atoms with Gasteiger partial charge in [0.05, 0.1) is 11.9 Å². The maximum absolute atomic E-state index is 12.1. The zero-order valence-electron chi connectivity index (χ0n) is 10.1. The molecule has 1 aromatic rings. The van der Waals surface area contributed by atoms with Crippen LogP contribution in [-0.4, -0.2) is 49.7 Å². The van der Waals surface area contributed by atoms with Crippen LogP contribution in [0, 0.1) is 6.92 Å². The van der Waals surface area contributed by atoms with Crippen LogP contribution in [0.15, 0.2) is 11.1 Å². The number of rotatable bonds is 3. The second-order valence-corrected chi connectivity index (χ2v) is 6.26. The molecule has 1 aliphatic rings. The Labute approximate surface area is 101 Å². The number of likely N-dealkylation sites (tertiary alicyclic amines) is 1. The molecule has 7 heteroatoms. The number of aromatic nitrogens is 2. The average molecular weight is 258 g/mol. The standard InChI is InChI=1S/C10H18N4O2S/c1-8-10(6-11-12-8)17(15,16)13-9-4-3-5-14(2)7-9/h6,9,13H,3-5,7H2,1-2H3,(H,11,12). The summed E-state index contributed by atoms with van der Waals surface area (Å²) in [5, 5.41) is 6.38. The highest BCUT2D eigenvalue weighted by atomic mass is 32.2. The van der Waals surface area contributed by atoms with Crippen molar-refractivity contribution in [3.8, 4) is 0 Å². The van der Waals surface area contributed by atoms with E-state index >= 15 is 0 Å². The second-order valence-electron chi connectivity index (χ2n) is 4.58. The summed E-state index contributed by atoms with van der Waals surface area (Å²) in [6.07, 6.45) is 3.26. The molecular weight excluding hydrogens is 240 g/mol. The van der Waals surface area contributed by atoms with Gasteiger partial charge >= 0.3 is 0 Å². The SMILES string of the molecule is Cc1[nH]ncc1S(=O)(=O)NC1CCCN(C)C1. The molecule has 1 fully saturated rings. The van der Waals surface area contributed by atoms with E-state index in [0.717, 1.165) is 25.9 Å². The fourth-order valence-electron chi connectivity index (χ4n) is 2.16. The Morgan fingerprint density at radius 1 is 1.59 bits per heavy atom. The minimum absolute atomic E-state index is 0.00644. The molecule has 0 spiro atoms. The van der Waals surface area contributed by atoms with Gasteiger partial charge < -0.3 is 4.90 Å². The number of nitrogens with one attached hydrogen (secondary N) is 2. The Morgan fingerprint density at radius 2 is 2.35 bits per heavy atom. The van der Waals surface area contributed by atoms with Crippen LogP contribution >= 0.6 is 0 Å². The fourth-order valence-corrected chi connectivity index (χ4v) is 3.55. The Balaban J connectivity index is 2.10. The molecule has 2 rings (SSSR count). The lowest BCUT2D eigenvalue weighted by Crippen LogP contribution is -2.46. The van der Waals surface area contributed by atoms with E-state index in [9.17, 15) is 8.42 Å². The van der Waals surface area contributed by atoms with Crippen LogP contribution in [0.1, 0.15) is 18.5 Å². The molecule has 2 N–H and O–H groups in total. The maximum Gasteiger partial charge on any atom is 0.244 e. The smallest absolute Gasteiger partial charge is 0.244 e. The largest absolute Gasteiger partial charge is 0.305 e. The van der Waals surface area contributed by atoms with Gasteiger partial charge in [-0.05, 0) is 33.4 Å². The van der Waals surface area contributed by atoms with Gasteiger partial charge in [0, 0.05) is 12.6 Å². The van der Waals surface area contributed by atoms with Gasteiger partial charge in [0.2, 0.25) is 10.0 Å². The Hall–Kier alpha value is -0.920. The van der Waals surface area contributed by atoms with Crippen LogP contribution in [0.3, 0.4) is 0 Å². The quantitative estimate of drug-likeness (QED) is 0.805. The third-order valence-electron chi connectivity index (χ3n) is 3.02. The van der Waals surface area contributed by atoms with E-state index in [4.69, 9.17) is 0 Å². The molecule has 1 saturated heterocycles. The Bertz CT molecular complexity index is 482. The zero-order chi connectivity index (χ0) is 12.5. The van der Waals surface area contributed by atoms with Gasteiger partial charge in [0.15, 0.2) is 0 Å². The van der Waals surface area contributed by atoms with E-state index in [1.54, 1.807) is 6.92 Å². The molecule has 1 atom stereocenters. The normalized spacial score (nSPS) is 22.8. The van der Waals surface area contributed by atoms with E-state index in [-0.39, 0.29) is 10.9 Å². The lowest BCUT2D eigenvalue weighted by molar-refractivity contribution is 0.242. The number of piperidine rings is 1. The van der Waals surface area contributed by atoms with Crippen LogP contribution in [0.2, 0.25) is 0 Å².